The molecule has 0 aromatic heterocycles. The van der Waals surface area contributed by atoms with Gasteiger partial charge in [0.05, 0.1) is 22.8 Å². The van der Waals surface area contributed by atoms with E-state index in [-0.39, 0.29) is 11.4 Å². The third-order valence-corrected chi connectivity index (χ3v) is 6.20. The summed E-state index contributed by atoms with van der Waals surface area (Å²) in [6, 6.07) is 18.5. The first-order valence-electron chi connectivity index (χ1n) is 10.9. The lowest BCUT2D eigenvalue weighted by Crippen LogP contribution is -2.50. The normalized spacial score (nSPS) is 12.6. The molecule has 0 saturated carbocycles. The molecule has 0 radical (unpaired) electrons. The summed E-state index contributed by atoms with van der Waals surface area (Å²) < 4.78 is 11.6. The Kier molecular flexibility index (Phi) is 10.2. The van der Waals surface area contributed by atoms with Gasteiger partial charge in [-0.1, -0.05) is 53.5 Å². The zero-order chi connectivity index (χ0) is 26.1. The van der Waals surface area contributed by atoms with Gasteiger partial charge in [0, 0.05) is 11.4 Å². The van der Waals surface area contributed by atoms with Crippen LogP contribution in [0.5, 0.6) is 11.5 Å². The highest BCUT2D eigenvalue weighted by molar-refractivity contribution is 9.10. The molecule has 3 aromatic rings. The van der Waals surface area contributed by atoms with Gasteiger partial charge < -0.3 is 14.8 Å². The van der Waals surface area contributed by atoms with E-state index in [1.165, 1.54) is 12.3 Å². The fourth-order valence-electron chi connectivity index (χ4n) is 3.17. The SMILES string of the molecule is COc1ccc(/C=N\NC(=O)[C@H](Cc2ccccc2)NC(=O)[C@H](C)Oc2ccc(Cl)cc2Cl)cc1Br. The molecule has 0 bridgehead atoms. The molecule has 0 spiro atoms. The number of hydrazone groups is 1. The van der Waals surface area contributed by atoms with Gasteiger partial charge in [0.15, 0.2) is 6.10 Å². The van der Waals surface area contributed by atoms with E-state index in [9.17, 15) is 9.59 Å². The third-order valence-electron chi connectivity index (χ3n) is 5.05. The van der Waals surface area contributed by atoms with Crippen LogP contribution >= 0.6 is 39.1 Å². The van der Waals surface area contributed by atoms with Crippen LogP contribution in [-0.4, -0.2) is 37.3 Å². The van der Waals surface area contributed by atoms with E-state index in [0.29, 0.717) is 16.5 Å². The molecule has 0 heterocycles. The summed E-state index contributed by atoms with van der Waals surface area (Å²) in [5, 5.41) is 7.52. The van der Waals surface area contributed by atoms with Gasteiger partial charge in [0.1, 0.15) is 17.5 Å². The molecule has 3 rings (SSSR count). The van der Waals surface area contributed by atoms with Crippen LogP contribution in [0.2, 0.25) is 10.0 Å². The summed E-state index contributed by atoms with van der Waals surface area (Å²) in [7, 11) is 1.57. The second-order valence-electron chi connectivity index (χ2n) is 7.71. The van der Waals surface area contributed by atoms with Gasteiger partial charge in [0.25, 0.3) is 11.8 Å². The molecule has 0 aliphatic heterocycles. The summed E-state index contributed by atoms with van der Waals surface area (Å²) >= 11 is 15.5. The van der Waals surface area contributed by atoms with E-state index in [4.69, 9.17) is 32.7 Å². The number of carbonyl (C=O) groups excluding carboxylic acids is 2. The molecule has 36 heavy (non-hydrogen) atoms. The average molecular weight is 593 g/mol. The molecule has 0 aliphatic rings. The van der Waals surface area contributed by atoms with E-state index in [1.807, 2.05) is 30.3 Å². The Labute approximate surface area is 227 Å². The number of methoxy groups -OCH3 is 1. The van der Waals surface area contributed by atoms with Gasteiger partial charge in [-0.3, -0.25) is 9.59 Å². The second kappa shape index (κ2) is 13.3. The third kappa shape index (κ3) is 7.98. The van der Waals surface area contributed by atoms with Crippen molar-refractivity contribution in [2.75, 3.05) is 7.11 Å². The molecule has 0 fully saturated rings. The van der Waals surface area contributed by atoms with Crippen LogP contribution in [-0.2, 0) is 16.0 Å². The van der Waals surface area contributed by atoms with Crippen LogP contribution in [0.1, 0.15) is 18.1 Å². The van der Waals surface area contributed by atoms with Crippen LogP contribution in [0.15, 0.2) is 76.3 Å². The van der Waals surface area contributed by atoms with Crippen molar-refractivity contribution in [3.05, 3.63) is 92.4 Å². The van der Waals surface area contributed by atoms with Crippen LogP contribution < -0.4 is 20.2 Å². The molecule has 2 amide bonds. The van der Waals surface area contributed by atoms with Crippen molar-refractivity contribution in [1.29, 1.82) is 0 Å². The largest absolute Gasteiger partial charge is 0.496 e. The summed E-state index contributed by atoms with van der Waals surface area (Å²) in [6.07, 6.45) is 0.837. The van der Waals surface area contributed by atoms with Gasteiger partial charge in [-0.15, -0.1) is 0 Å². The van der Waals surface area contributed by atoms with Gasteiger partial charge >= 0.3 is 0 Å². The Morgan fingerprint density at radius 3 is 2.42 bits per heavy atom. The molecule has 7 nitrogen and oxygen atoms in total. The number of amides is 2. The Hall–Kier alpha value is -3.07. The topological polar surface area (TPSA) is 89.0 Å². The lowest BCUT2D eigenvalue weighted by Gasteiger charge is -2.21. The highest BCUT2D eigenvalue weighted by Gasteiger charge is 2.25. The maximum Gasteiger partial charge on any atom is 0.262 e. The number of benzene rings is 3. The monoisotopic (exact) mass is 591 g/mol. The molecular formula is C26H24BrCl2N3O4. The Morgan fingerprint density at radius 1 is 1.03 bits per heavy atom. The van der Waals surface area contributed by atoms with Crippen molar-refractivity contribution < 1.29 is 19.1 Å². The van der Waals surface area contributed by atoms with Gasteiger partial charge in [0.2, 0.25) is 0 Å². The Bertz CT molecular complexity index is 1240. The van der Waals surface area contributed by atoms with Gasteiger partial charge in [-0.25, -0.2) is 5.43 Å². The highest BCUT2D eigenvalue weighted by atomic mass is 79.9. The minimum Gasteiger partial charge on any atom is -0.496 e. The number of halogens is 3. The Morgan fingerprint density at radius 2 is 1.75 bits per heavy atom. The van der Waals surface area contributed by atoms with Gasteiger partial charge in [-0.2, -0.15) is 5.10 Å². The minimum atomic E-state index is -0.921. The molecule has 2 N–H and O–H groups in total. The van der Waals surface area contributed by atoms with Crippen molar-refractivity contribution >= 4 is 57.2 Å². The molecule has 2 atom stereocenters. The number of rotatable bonds is 10. The quantitative estimate of drug-likeness (QED) is 0.243. The lowest BCUT2D eigenvalue weighted by atomic mass is 10.1. The molecule has 0 saturated heterocycles. The first-order chi connectivity index (χ1) is 17.3. The van der Waals surface area contributed by atoms with Crippen LogP contribution in [0.3, 0.4) is 0 Å². The predicted octanol–water partition coefficient (Wildman–Crippen LogP) is 5.41. The zero-order valence-electron chi connectivity index (χ0n) is 19.5. The summed E-state index contributed by atoms with van der Waals surface area (Å²) in [4.78, 5) is 25.9. The maximum absolute atomic E-state index is 13.0. The second-order valence-corrected chi connectivity index (χ2v) is 9.41. The van der Waals surface area contributed by atoms with Crippen molar-refractivity contribution in [2.24, 2.45) is 5.10 Å². The van der Waals surface area contributed by atoms with Crippen LogP contribution in [0.4, 0.5) is 0 Å². The number of hydrogen-bond acceptors (Lipinski definition) is 5. The highest BCUT2D eigenvalue weighted by Crippen LogP contribution is 2.28. The molecule has 188 valence electrons. The summed E-state index contributed by atoms with van der Waals surface area (Å²) in [5.41, 5.74) is 4.12. The standard InChI is InChI=1S/C26H24BrCl2N3O4/c1-16(36-24-11-9-19(28)14-21(24)29)25(33)31-22(13-17-6-4-3-5-7-17)26(34)32-30-15-18-8-10-23(35-2)20(27)12-18/h3-12,14-16,22H,13H2,1-2H3,(H,31,33)(H,32,34)/b30-15-/t16-,22-/m0/s1. The molecule has 3 aromatic carbocycles. The summed E-state index contributed by atoms with van der Waals surface area (Å²) in [5.74, 6) is 0.0222. The fraction of sp³-hybridized carbons (Fsp3) is 0.192. The molecular weight excluding hydrogens is 569 g/mol. The average Bonchev–Trinajstić information content (AvgIpc) is 2.86. The number of ether oxygens (including phenoxy) is 2. The van der Waals surface area contributed by atoms with Crippen molar-refractivity contribution in [2.45, 2.75) is 25.5 Å². The molecule has 10 heteroatoms. The van der Waals surface area contributed by atoms with E-state index in [0.717, 1.165) is 15.6 Å². The number of nitrogens with one attached hydrogen (secondary N) is 2. The van der Waals surface area contributed by atoms with E-state index in [2.05, 4.69) is 31.8 Å². The van der Waals surface area contributed by atoms with Crippen LogP contribution in [0, 0.1) is 0 Å². The first kappa shape index (κ1) is 27.5. The van der Waals surface area contributed by atoms with E-state index in [1.54, 1.807) is 44.4 Å². The fourth-order valence-corrected chi connectivity index (χ4v) is 4.19. The minimum absolute atomic E-state index is 0.260. The summed E-state index contributed by atoms with van der Waals surface area (Å²) in [6.45, 7) is 1.57. The number of nitrogens with zero attached hydrogens (tertiary/aromatic N) is 1. The number of hydrogen-bond donors (Lipinski definition) is 2. The Balaban J connectivity index is 1.69. The smallest absolute Gasteiger partial charge is 0.262 e. The number of carbonyl (C=O) groups is 2. The predicted molar refractivity (Wildman–Crippen MR) is 145 cm³/mol. The van der Waals surface area contributed by atoms with E-state index >= 15 is 0 Å². The molecule has 0 unspecified atom stereocenters. The van der Waals surface area contributed by atoms with Gasteiger partial charge in [-0.05, 0) is 70.4 Å². The maximum atomic E-state index is 13.0. The van der Waals surface area contributed by atoms with Crippen LogP contribution in [0.25, 0.3) is 0 Å². The lowest BCUT2D eigenvalue weighted by molar-refractivity contribution is -0.132. The van der Waals surface area contributed by atoms with E-state index < -0.39 is 24.0 Å². The zero-order valence-corrected chi connectivity index (χ0v) is 22.6. The van der Waals surface area contributed by atoms with Crippen molar-refractivity contribution in [1.82, 2.24) is 10.7 Å². The van der Waals surface area contributed by atoms with Crippen molar-refractivity contribution in [3.63, 3.8) is 0 Å². The first-order valence-corrected chi connectivity index (χ1v) is 12.4. The van der Waals surface area contributed by atoms with Crippen molar-refractivity contribution in [3.8, 4) is 11.5 Å². The molecule has 0 aliphatic carbocycles.